The summed E-state index contributed by atoms with van der Waals surface area (Å²) in [5.74, 6) is 0.0144. The molecule has 2 heterocycles. The first-order valence-corrected chi connectivity index (χ1v) is 5.11. The summed E-state index contributed by atoms with van der Waals surface area (Å²) in [5.41, 5.74) is 6.27. The smallest absolute Gasteiger partial charge is 0.277 e. The van der Waals surface area contributed by atoms with Gasteiger partial charge in [0.15, 0.2) is 0 Å². The summed E-state index contributed by atoms with van der Waals surface area (Å²) in [6, 6.07) is 0. The number of aromatic amines is 1. The highest BCUT2D eigenvalue weighted by Crippen LogP contribution is 2.11. The van der Waals surface area contributed by atoms with Crippen LogP contribution in [0.2, 0.25) is 0 Å². The Bertz CT molecular complexity index is 572. The number of hydrogen-bond donors (Lipinski definition) is 3. The van der Waals surface area contributed by atoms with Crippen molar-refractivity contribution in [1.82, 2.24) is 19.7 Å². The van der Waals surface area contributed by atoms with Crippen molar-refractivity contribution in [2.24, 2.45) is 12.8 Å². The van der Waals surface area contributed by atoms with Crippen LogP contribution >= 0.6 is 12.2 Å². The number of rotatable bonds is 3. The van der Waals surface area contributed by atoms with E-state index in [1.807, 2.05) is 0 Å². The number of nitrogens with one attached hydrogen (secondary N) is 2. The van der Waals surface area contributed by atoms with Crippen LogP contribution in [0.25, 0.3) is 0 Å². The summed E-state index contributed by atoms with van der Waals surface area (Å²) in [6.07, 6.45) is 4.60. The molecule has 0 radical (unpaired) electrons. The van der Waals surface area contributed by atoms with Crippen LogP contribution in [-0.4, -0.2) is 30.6 Å². The van der Waals surface area contributed by atoms with Gasteiger partial charge in [-0.2, -0.15) is 5.10 Å². The summed E-state index contributed by atoms with van der Waals surface area (Å²) in [5, 5.41) is 8.97. The Balaban J connectivity index is 2.18. The SMILES string of the molecule is Cn1cnc(C(=O)Nc2[nH]ncc2C(N)=S)c1. The van der Waals surface area contributed by atoms with Gasteiger partial charge in [0.1, 0.15) is 16.5 Å². The van der Waals surface area contributed by atoms with Gasteiger partial charge in [-0.15, -0.1) is 0 Å². The first-order valence-electron chi connectivity index (χ1n) is 4.70. The van der Waals surface area contributed by atoms with E-state index in [-0.39, 0.29) is 10.9 Å². The molecule has 0 aliphatic heterocycles. The molecule has 7 nitrogen and oxygen atoms in total. The number of hydrogen-bond acceptors (Lipinski definition) is 4. The minimum atomic E-state index is -0.354. The predicted molar refractivity (Wildman–Crippen MR) is 65.6 cm³/mol. The molecule has 0 aromatic carbocycles. The van der Waals surface area contributed by atoms with E-state index >= 15 is 0 Å². The van der Waals surface area contributed by atoms with E-state index in [1.54, 1.807) is 17.8 Å². The quantitative estimate of drug-likeness (QED) is 0.667. The van der Waals surface area contributed by atoms with Gasteiger partial charge in [-0.3, -0.25) is 9.89 Å². The third-order valence-electron chi connectivity index (χ3n) is 2.08. The summed E-state index contributed by atoms with van der Waals surface area (Å²) >= 11 is 4.82. The molecular formula is C9H10N6OS. The fourth-order valence-corrected chi connectivity index (χ4v) is 1.43. The molecule has 0 aliphatic carbocycles. The number of aryl methyl sites for hydroxylation is 1. The molecule has 0 fully saturated rings. The maximum absolute atomic E-state index is 11.8. The van der Waals surface area contributed by atoms with E-state index in [1.165, 1.54) is 12.5 Å². The molecule has 0 bridgehead atoms. The molecule has 0 atom stereocenters. The first-order chi connectivity index (χ1) is 8.08. The van der Waals surface area contributed by atoms with E-state index in [9.17, 15) is 4.79 Å². The normalized spacial score (nSPS) is 10.2. The highest BCUT2D eigenvalue weighted by molar-refractivity contribution is 7.80. The van der Waals surface area contributed by atoms with Crippen molar-refractivity contribution in [3.05, 3.63) is 30.0 Å². The summed E-state index contributed by atoms with van der Waals surface area (Å²) < 4.78 is 1.68. The lowest BCUT2D eigenvalue weighted by molar-refractivity contribution is 0.102. The molecular weight excluding hydrogens is 240 g/mol. The minimum absolute atomic E-state index is 0.162. The third kappa shape index (κ3) is 2.31. The number of carbonyl (C=O) groups excluding carboxylic acids is 1. The van der Waals surface area contributed by atoms with Crippen molar-refractivity contribution in [1.29, 1.82) is 0 Å². The van der Waals surface area contributed by atoms with E-state index in [0.717, 1.165) is 0 Å². The first kappa shape index (κ1) is 11.3. The van der Waals surface area contributed by atoms with Gasteiger partial charge < -0.3 is 15.6 Å². The van der Waals surface area contributed by atoms with Gasteiger partial charge in [-0.05, 0) is 0 Å². The van der Waals surface area contributed by atoms with Crippen LogP contribution < -0.4 is 11.1 Å². The van der Waals surface area contributed by atoms with Crippen molar-refractivity contribution in [2.75, 3.05) is 5.32 Å². The van der Waals surface area contributed by atoms with Crippen LogP contribution in [0.3, 0.4) is 0 Å². The van der Waals surface area contributed by atoms with E-state index < -0.39 is 0 Å². The van der Waals surface area contributed by atoms with Gasteiger partial charge in [-0.25, -0.2) is 4.98 Å². The molecule has 0 unspecified atom stereocenters. The average molecular weight is 250 g/mol. The van der Waals surface area contributed by atoms with Crippen LogP contribution in [0.4, 0.5) is 5.82 Å². The van der Waals surface area contributed by atoms with Crippen LogP contribution in [-0.2, 0) is 7.05 Å². The Morgan fingerprint density at radius 1 is 1.65 bits per heavy atom. The lowest BCUT2D eigenvalue weighted by Gasteiger charge is -2.02. The molecule has 0 aliphatic rings. The average Bonchev–Trinajstić information content (AvgIpc) is 2.86. The standard InChI is InChI=1S/C9H10N6OS/c1-15-3-6(11-4-15)9(16)13-8-5(7(10)17)2-12-14-8/h2-4H,1H3,(H2,10,17)(H2,12,13,14,16). The number of thiocarbonyl (C=S) groups is 1. The third-order valence-corrected chi connectivity index (χ3v) is 2.30. The molecule has 0 spiro atoms. The van der Waals surface area contributed by atoms with Gasteiger partial charge in [0, 0.05) is 13.2 Å². The number of anilines is 1. The number of nitrogens with two attached hydrogens (primary N) is 1. The second-order valence-electron chi connectivity index (χ2n) is 3.40. The Morgan fingerprint density at radius 3 is 3.00 bits per heavy atom. The fraction of sp³-hybridized carbons (Fsp3) is 0.111. The number of imidazole rings is 1. The zero-order chi connectivity index (χ0) is 12.4. The zero-order valence-corrected chi connectivity index (χ0v) is 9.78. The number of carbonyl (C=O) groups is 1. The lowest BCUT2D eigenvalue weighted by Crippen LogP contribution is -2.17. The van der Waals surface area contributed by atoms with Gasteiger partial charge in [0.05, 0.1) is 18.1 Å². The molecule has 0 saturated heterocycles. The molecule has 17 heavy (non-hydrogen) atoms. The maximum Gasteiger partial charge on any atom is 0.277 e. The molecule has 0 saturated carbocycles. The van der Waals surface area contributed by atoms with E-state index in [4.69, 9.17) is 18.0 Å². The highest BCUT2D eigenvalue weighted by Gasteiger charge is 2.13. The van der Waals surface area contributed by atoms with Gasteiger partial charge in [-0.1, -0.05) is 12.2 Å². The zero-order valence-electron chi connectivity index (χ0n) is 8.97. The van der Waals surface area contributed by atoms with Gasteiger partial charge >= 0.3 is 0 Å². The summed E-state index contributed by atoms with van der Waals surface area (Å²) in [7, 11) is 1.78. The number of nitrogens with zero attached hydrogens (tertiary/aromatic N) is 3. The highest BCUT2D eigenvalue weighted by atomic mass is 32.1. The van der Waals surface area contributed by atoms with Crippen molar-refractivity contribution >= 4 is 28.9 Å². The van der Waals surface area contributed by atoms with Gasteiger partial charge in [0.2, 0.25) is 0 Å². The second kappa shape index (κ2) is 4.34. The predicted octanol–water partition coefficient (Wildman–Crippen LogP) is 0.0297. The van der Waals surface area contributed by atoms with Crippen molar-refractivity contribution in [3.63, 3.8) is 0 Å². The topological polar surface area (TPSA) is 102 Å². The molecule has 2 aromatic heterocycles. The van der Waals surface area contributed by atoms with Crippen molar-refractivity contribution in [2.45, 2.75) is 0 Å². The van der Waals surface area contributed by atoms with Crippen LogP contribution in [0, 0.1) is 0 Å². The number of H-pyrrole nitrogens is 1. The summed E-state index contributed by atoms with van der Waals surface area (Å²) in [4.78, 5) is 15.9. The molecule has 2 aromatic rings. The Morgan fingerprint density at radius 2 is 2.41 bits per heavy atom. The van der Waals surface area contributed by atoms with Crippen LogP contribution in [0.15, 0.2) is 18.7 Å². The van der Waals surface area contributed by atoms with E-state index in [2.05, 4.69) is 20.5 Å². The fourth-order valence-electron chi connectivity index (χ4n) is 1.28. The molecule has 4 N–H and O–H groups in total. The maximum atomic E-state index is 11.8. The second-order valence-corrected chi connectivity index (χ2v) is 3.84. The number of aromatic nitrogens is 4. The molecule has 8 heteroatoms. The monoisotopic (exact) mass is 250 g/mol. The Kier molecular flexibility index (Phi) is 2.88. The van der Waals surface area contributed by atoms with Crippen molar-refractivity contribution in [3.8, 4) is 0 Å². The Hall–Kier alpha value is -2.22. The Labute approximate surface area is 102 Å². The van der Waals surface area contributed by atoms with E-state index in [0.29, 0.717) is 17.1 Å². The lowest BCUT2D eigenvalue weighted by atomic mass is 10.3. The van der Waals surface area contributed by atoms with Crippen LogP contribution in [0.5, 0.6) is 0 Å². The molecule has 1 amide bonds. The minimum Gasteiger partial charge on any atom is -0.389 e. The molecule has 88 valence electrons. The van der Waals surface area contributed by atoms with Crippen molar-refractivity contribution < 1.29 is 4.79 Å². The molecule has 2 rings (SSSR count). The van der Waals surface area contributed by atoms with Crippen LogP contribution in [0.1, 0.15) is 16.1 Å². The number of amides is 1. The summed E-state index contributed by atoms with van der Waals surface area (Å²) in [6.45, 7) is 0. The largest absolute Gasteiger partial charge is 0.389 e. The van der Waals surface area contributed by atoms with Gasteiger partial charge in [0.25, 0.3) is 5.91 Å².